The zero-order valence-corrected chi connectivity index (χ0v) is 13.2. The number of nitro groups is 1. The number of nitrogens with zero attached hydrogens (tertiary/aromatic N) is 3. The summed E-state index contributed by atoms with van der Waals surface area (Å²) in [4.78, 5) is 26.3. The first kappa shape index (κ1) is 16.3. The van der Waals surface area contributed by atoms with Crippen molar-refractivity contribution in [3.63, 3.8) is 0 Å². The number of hydrogen-bond donors (Lipinski definition) is 0. The summed E-state index contributed by atoms with van der Waals surface area (Å²) in [6.07, 6.45) is 0. The van der Waals surface area contributed by atoms with E-state index in [9.17, 15) is 14.9 Å². The molecule has 0 N–H and O–H groups in total. The Morgan fingerprint density at radius 2 is 2.04 bits per heavy atom. The smallest absolute Gasteiger partial charge is 0.338 e. The maximum Gasteiger partial charge on any atom is 0.338 e. The van der Waals surface area contributed by atoms with E-state index >= 15 is 0 Å². The van der Waals surface area contributed by atoms with E-state index in [1.807, 2.05) is 31.2 Å². The van der Waals surface area contributed by atoms with Gasteiger partial charge in [-0.2, -0.15) is 4.98 Å². The molecule has 0 atom stereocenters. The number of esters is 1. The lowest BCUT2D eigenvalue weighted by Gasteiger charge is -2.01. The van der Waals surface area contributed by atoms with Gasteiger partial charge in [-0.3, -0.25) is 10.1 Å². The lowest BCUT2D eigenvalue weighted by molar-refractivity contribution is -0.384. The minimum atomic E-state index is -0.709. The predicted molar refractivity (Wildman–Crippen MR) is 86.7 cm³/mol. The average molecular weight is 339 g/mol. The van der Waals surface area contributed by atoms with Crippen LogP contribution in [0.3, 0.4) is 0 Å². The maximum atomic E-state index is 12.0. The summed E-state index contributed by atoms with van der Waals surface area (Å²) in [5, 5.41) is 14.6. The van der Waals surface area contributed by atoms with Crippen LogP contribution in [0.5, 0.6) is 0 Å². The lowest BCUT2D eigenvalue weighted by atomic mass is 10.1. The van der Waals surface area contributed by atoms with Gasteiger partial charge < -0.3 is 9.26 Å². The molecular formula is C17H13N3O5. The second kappa shape index (κ2) is 6.91. The number of carbonyl (C=O) groups excluding carboxylic acids is 1. The molecular weight excluding hydrogens is 326 g/mol. The van der Waals surface area contributed by atoms with Crippen LogP contribution in [0.2, 0.25) is 0 Å². The molecule has 3 aromatic rings. The number of hydrogen-bond acceptors (Lipinski definition) is 7. The Balaban J connectivity index is 1.68. The Morgan fingerprint density at radius 3 is 2.80 bits per heavy atom. The Morgan fingerprint density at radius 1 is 1.24 bits per heavy atom. The topological polar surface area (TPSA) is 108 Å². The van der Waals surface area contributed by atoms with Crippen LogP contribution >= 0.6 is 0 Å². The molecule has 0 aliphatic carbocycles. The molecule has 1 heterocycles. The molecule has 0 fully saturated rings. The number of ether oxygens (including phenoxy) is 1. The largest absolute Gasteiger partial charge is 0.452 e. The van der Waals surface area contributed by atoms with Crippen molar-refractivity contribution >= 4 is 11.7 Å². The quantitative estimate of drug-likeness (QED) is 0.398. The second-order valence-corrected chi connectivity index (χ2v) is 5.21. The number of aryl methyl sites for hydroxylation is 1. The number of aromatic nitrogens is 2. The summed E-state index contributed by atoms with van der Waals surface area (Å²) in [5.41, 5.74) is 1.70. The van der Waals surface area contributed by atoms with E-state index in [1.54, 1.807) is 0 Å². The zero-order chi connectivity index (χ0) is 17.8. The summed E-state index contributed by atoms with van der Waals surface area (Å²) >= 11 is 0. The molecule has 1 aromatic heterocycles. The Bertz CT molecular complexity index is 935. The van der Waals surface area contributed by atoms with Gasteiger partial charge >= 0.3 is 5.97 Å². The molecule has 126 valence electrons. The molecule has 0 saturated heterocycles. The van der Waals surface area contributed by atoms with Crippen molar-refractivity contribution in [3.05, 3.63) is 75.7 Å². The fourth-order valence-electron chi connectivity index (χ4n) is 2.20. The minimum absolute atomic E-state index is 0.0767. The molecule has 2 aromatic carbocycles. The van der Waals surface area contributed by atoms with Crippen LogP contribution in [0, 0.1) is 17.0 Å². The van der Waals surface area contributed by atoms with Gasteiger partial charge in [-0.15, -0.1) is 0 Å². The monoisotopic (exact) mass is 339 g/mol. The molecule has 0 aliphatic heterocycles. The third-order valence-corrected chi connectivity index (χ3v) is 3.47. The lowest BCUT2D eigenvalue weighted by Crippen LogP contribution is -2.06. The van der Waals surface area contributed by atoms with E-state index < -0.39 is 10.9 Å². The summed E-state index contributed by atoms with van der Waals surface area (Å²) in [7, 11) is 0. The van der Waals surface area contributed by atoms with E-state index in [1.165, 1.54) is 18.2 Å². The van der Waals surface area contributed by atoms with Gasteiger partial charge in [-0.1, -0.05) is 35.5 Å². The third kappa shape index (κ3) is 3.69. The second-order valence-electron chi connectivity index (χ2n) is 5.21. The highest BCUT2D eigenvalue weighted by molar-refractivity contribution is 5.90. The van der Waals surface area contributed by atoms with Crippen molar-refractivity contribution < 1.29 is 19.0 Å². The van der Waals surface area contributed by atoms with Crippen molar-refractivity contribution in [2.75, 3.05) is 0 Å². The van der Waals surface area contributed by atoms with Crippen LogP contribution in [0.1, 0.15) is 21.8 Å². The normalized spacial score (nSPS) is 10.4. The van der Waals surface area contributed by atoms with Gasteiger partial charge in [0.1, 0.15) is 0 Å². The molecule has 0 amide bonds. The highest BCUT2D eigenvalue weighted by Gasteiger charge is 2.15. The molecule has 3 rings (SSSR count). The maximum absolute atomic E-state index is 12.0. The molecule has 8 heteroatoms. The summed E-state index contributed by atoms with van der Waals surface area (Å²) in [6.45, 7) is 1.70. The number of non-ortho nitro benzene ring substituents is 1. The van der Waals surface area contributed by atoms with Gasteiger partial charge in [0, 0.05) is 17.7 Å². The highest BCUT2D eigenvalue weighted by atomic mass is 16.6. The first-order valence-electron chi connectivity index (χ1n) is 7.35. The molecule has 0 saturated carbocycles. The predicted octanol–water partition coefficient (Wildman–Crippen LogP) is 3.31. The van der Waals surface area contributed by atoms with E-state index in [-0.39, 0.29) is 23.7 Å². The van der Waals surface area contributed by atoms with Gasteiger partial charge in [0.05, 0.1) is 10.5 Å². The van der Waals surface area contributed by atoms with Crippen molar-refractivity contribution in [2.24, 2.45) is 0 Å². The van der Waals surface area contributed by atoms with Gasteiger partial charge in [0.2, 0.25) is 5.82 Å². The third-order valence-electron chi connectivity index (χ3n) is 3.47. The Labute approximate surface area is 142 Å². The molecule has 0 spiro atoms. The molecule has 0 aliphatic rings. The van der Waals surface area contributed by atoms with E-state index in [0.717, 1.165) is 17.2 Å². The standard InChI is InChI=1S/C17H13N3O5/c1-11-5-2-3-8-14(11)16-18-15(25-19-16)10-24-17(21)12-6-4-7-13(9-12)20(22)23/h2-9H,10H2,1H3. The molecule has 25 heavy (non-hydrogen) atoms. The van der Waals surface area contributed by atoms with E-state index in [4.69, 9.17) is 9.26 Å². The van der Waals surface area contributed by atoms with Crippen molar-refractivity contribution in [3.8, 4) is 11.4 Å². The van der Waals surface area contributed by atoms with Gasteiger partial charge in [0.25, 0.3) is 11.6 Å². The number of carbonyl (C=O) groups is 1. The van der Waals surface area contributed by atoms with E-state index in [0.29, 0.717) is 5.82 Å². The summed E-state index contributed by atoms with van der Waals surface area (Å²) in [6, 6.07) is 12.8. The summed E-state index contributed by atoms with van der Waals surface area (Å²) in [5.74, 6) is -0.170. The van der Waals surface area contributed by atoms with Crippen LogP contribution in [-0.2, 0) is 11.3 Å². The van der Waals surface area contributed by atoms with E-state index in [2.05, 4.69) is 10.1 Å². The number of rotatable bonds is 5. The van der Waals surface area contributed by atoms with Crippen molar-refractivity contribution in [1.82, 2.24) is 10.1 Å². The van der Waals surface area contributed by atoms with Crippen molar-refractivity contribution in [2.45, 2.75) is 13.5 Å². The Hall–Kier alpha value is -3.55. The first-order chi connectivity index (χ1) is 12.0. The van der Waals surface area contributed by atoms with Gasteiger partial charge in [0.15, 0.2) is 6.61 Å². The average Bonchev–Trinajstić information content (AvgIpc) is 3.09. The van der Waals surface area contributed by atoms with Crippen LogP contribution < -0.4 is 0 Å². The van der Waals surface area contributed by atoms with Crippen molar-refractivity contribution in [1.29, 1.82) is 0 Å². The summed E-state index contributed by atoms with van der Waals surface area (Å²) < 4.78 is 10.1. The Kier molecular flexibility index (Phi) is 4.51. The fraction of sp³-hybridized carbons (Fsp3) is 0.118. The molecule has 0 unspecified atom stereocenters. The van der Waals surface area contributed by atoms with Crippen LogP contribution in [-0.4, -0.2) is 21.0 Å². The zero-order valence-electron chi connectivity index (χ0n) is 13.2. The number of nitro benzene ring substituents is 1. The number of benzene rings is 2. The molecule has 0 bridgehead atoms. The van der Waals surface area contributed by atoms with Crippen LogP contribution in [0.25, 0.3) is 11.4 Å². The SMILES string of the molecule is Cc1ccccc1-c1noc(COC(=O)c2cccc([N+](=O)[O-])c2)n1. The van der Waals surface area contributed by atoms with Gasteiger partial charge in [-0.25, -0.2) is 4.79 Å². The molecule has 8 nitrogen and oxygen atoms in total. The molecule has 0 radical (unpaired) electrons. The van der Waals surface area contributed by atoms with Crippen LogP contribution in [0.4, 0.5) is 5.69 Å². The van der Waals surface area contributed by atoms with Crippen LogP contribution in [0.15, 0.2) is 53.1 Å². The van der Waals surface area contributed by atoms with Gasteiger partial charge in [-0.05, 0) is 18.6 Å². The highest BCUT2D eigenvalue weighted by Crippen LogP contribution is 2.20. The first-order valence-corrected chi connectivity index (χ1v) is 7.35. The fourth-order valence-corrected chi connectivity index (χ4v) is 2.20. The minimum Gasteiger partial charge on any atom is -0.452 e.